The first-order valence-electron chi connectivity index (χ1n) is 10.6. The molecule has 1 amide bonds. The Balaban J connectivity index is 1.48. The van der Waals surface area contributed by atoms with Crippen molar-refractivity contribution in [3.8, 4) is 5.75 Å². The average molecular weight is 420 g/mol. The van der Waals surface area contributed by atoms with Gasteiger partial charge in [0, 0.05) is 61.5 Å². The molecule has 4 rings (SSSR count). The predicted octanol–water partition coefficient (Wildman–Crippen LogP) is 4.20. The standard InChI is InChI=1S/C25H29N3O3/c1-17(21-14-22-18(2)16-31-25(22)19(3)24(21)30-4)13-23(29)28-11-9-27(10-12-28)15-20-7-5-6-8-26-20/h5-8,13-14,16H,9-12,15H2,1-4H3/b17-13+. The number of carbonyl (C=O) groups excluding carboxylic acids is 1. The van der Waals surface area contributed by atoms with E-state index in [-0.39, 0.29) is 5.91 Å². The van der Waals surface area contributed by atoms with Crippen LogP contribution >= 0.6 is 0 Å². The van der Waals surface area contributed by atoms with Gasteiger partial charge in [-0.1, -0.05) is 6.07 Å². The number of rotatable bonds is 5. The summed E-state index contributed by atoms with van der Waals surface area (Å²) in [6, 6.07) is 8.03. The topological polar surface area (TPSA) is 58.8 Å². The highest BCUT2D eigenvalue weighted by Crippen LogP contribution is 2.37. The van der Waals surface area contributed by atoms with Crippen molar-refractivity contribution in [1.29, 1.82) is 0 Å². The Morgan fingerprint density at radius 2 is 2.00 bits per heavy atom. The first-order chi connectivity index (χ1) is 15.0. The van der Waals surface area contributed by atoms with Crippen molar-refractivity contribution in [1.82, 2.24) is 14.8 Å². The highest BCUT2D eigenvalue weighted by atomic mass is 16.5. The van der Waals surface area contributed by atoms with Gasteiger partial charge in [0.05, 0.1) is 19.1 Å². The second kappa shape index (κ2) is 8.94. The molecule has 0 radical (unpaired) electrons. The number of furan rings is 1. The van der Waals surface area contributed by atoms with Crippen LogP contribution in [0.5, 0.6) is 5.75 Å². The van der Waals surface area contributed by atoms with Crippen molar-refractivity contribution in [2.24, 2.45) is 0 Å². The molecule has 1 aliphatic rings. The normalized spacial score (nSPS) is 15.5. The van der Waals surface area contributed by atoms with Crippen LogP contribution in [0.2, 0.25) is 0 Å². The lowest BCUT2D eigenvalue weighted by atomic mass is 9.98. The Kier molecular flexibility index (Phi) is 6.09. The summed E-state index contributed by atoms with van der Waals surface area (Å²) >= 11 is 0. The number of hydrogen-bond donors (Lipinski definition) is 0. The van der Waals surface area contributed by atoms with Gasteiger partial charge in [-0.2, -0.15) is 0 Å². The fourth-order valence-electron chi connectivity index (χ4n) is 4.20. The van der Waals surface area contributed by atoms with E-state index in [0.29, 0.717) is 13.1 Å². The molecule has 0 unspecified atom stereocenters. The minimum absolute atomic E-state index is 0.0405. The summed E-state index contributed by atoms with van der Waals surface area (Å²) in [6.45, 7) is 9.92. The lowest BCUT2D eigenvalue weighted by Crippen LogP contribution is -2.47. The number of piperazine rings is 1. The summed E-state index contributed by atoms with van der Waals surface area (Å²) < 4.78 is 11.4. The van der Waals surface area contributed by atoms with Crippen LogP contribution in [0.15, 0.2) is 47.2 Å². The van der Waals surface area contributed by atoms with E-state index < -0.39 is 0 Å². The smallest absolute Gasteiger partial charge is 0.246 e. The molecular weight excluding hydrogens is 390 g/mol. The molecule has 0 aliphatic carbocycles. The maximum atomic E-state index is 13.0. The number of aryl methyl sites for hydroxylation is 2. The van der Waals surface area contributed by atoms with Crippen LogP contribution in [0, 0.1) is 13.8 Å². The van der Waals surface area contributed by atoms with Gasteiger partial charge in [0.2, 0.25) is 5.91 Å². The van der Waals surface area contributed by atoms with Gasteiger partial charge in [-0.25, -0.2) is 0 Å². The molecule has 0 saturated carbocycles. The zero-order chi connectivity index (χ0) is 22.0. The highest BCUT2D eigenvalue weighted by Gasteiger charge is 2.22. The molecule has 162 valence electrons. The Morgan fingerprint density at radius 3 is 2.68 bits per heavy atom. The molecule has 0 spiro atoms. The third-order valence-electron chi connectivity index (χ3n) is 6.00. The monoisotopic (exact) mass is 419 g/mol. The molecule has 1 aromatic carbocycles. The van der Waals surface area contributed by atoms with Crippen LogP contribution in [-0.4, -0.2) is 54.0 Å². The summed E-state index contributed by atoms with van der Waals surface area (Å²) in [5.74, 6) is 0.794. The number of benzene rings is 1. The van der Waals surface area contributed by atoms with Crippen LogP contribution in [0.25, 0.3) is 16.5 Å². The molecule has 0 bridgehead atoms. The molecule has 0 N–H and O–H groups in total. The van der Waals surface area contributed by atoms with E-state index in [2.05, 4.69) is 16.0 Å². The number of nitrogens with zero attached hydrogens (tertiary/aromatic N) is 3. The molecule has 1 saturated heterocycles. The van der Waals surface area contributed by atoms with Crippen molar-refractivity contribution < 1.29 is 13.9 Å². The lowest BCUT2D eigenvalue weighted by molar-refractivity contribution is -0.127. The summed E-state index contributed by atoms with van der Waals surface area (Å²) in [5.41, 5.74) is 5.74. The number of amides is 1. The van der Waals surface area contributed by atoms with Gasteiger partial charge in [-0.3, -0.25) is 14.7 Å². The number of hydrogen-bond acceptors (Lipinski definition) is 5. The van der Waals surface area contributed by atoms with Crippen molar-refractivity contribution in [2.75, 3.05) is 33.3 Å². The van der Waals surface area contributed by atoms with E-state index in [1.54, 1.807) is 19.4 Å². The minimum atomic E-state index is 0.0405. The Morgan fingerprint density at radius 1 is 1.23 bits per heavy atom. The lowest BCUT2D eigenvalue weighted by Gasteiger charge is -2.34. The van der Waals surface area contributed by atoms with E-state index in [4.69, 9.17) is 9.15 Å². The quantitative estimate of drug-likeness (QED) is 0.580. The van der Waals surface area contributed by atoms with E-state index in [9.17, 15) is 4.79 Å². The summed E-state index contributed by atoms with van der Waals surface area (Å²) in [4.78, 5) is 21.6. The second-order valence-corrected chi connectivity index (χ2v) is 8.13. The van der Waals surface area contributed by atoms with Crippen LogP contribution < -0.4 is 4.74 Å². The fraction of sp³-hybridized carbons (Fsp3) is 0.360. The molecule has 1 aliphatic heterocycles. The molecule has 6 heteroatoms. The third kappa shape index (κ3) is 4.35. The number of allylic oxidation sites excluding steroid dienone is 1. The van der Waals surface area contributed by atoms with Gasteiger partial charge in [-0.05, 0) is 50.1 Å². The molecule has 31 heavy (non-hydrogen) atoms. The van der Waals surface area contributed by atoms with E-state index in [0.717, 1.165) is 64.3 Å². The molecule has 0 atom stereocenters. The second-order valence-electron chi connectivity index (χ2n) is 8.13. The van der Waals surface area contributed by atoms with E-state index >= 15 is 0 Å². The largest absolute Gasteiger partial charge is 0.496 e. The van der Waals surface area contributed by atoms with E-state index in [1.807, 2.05) is 50.1 Å². The first-order valence-corrected chi connectivity index (χ1v) is 10.6. The number of carbonyl (C=O) groups is 1. The van der Waals surface area contributed by atoms with Gasteiger partial charge in [-0.15, -0.1) is 0 Å². The number of pyridine rings is 1. The van der Waals surface area contributed by atoms with Gasteiger partial charge < -0.3 is 14.1 Å². The van der Waals surface area contributed by atoms with Crippen LogP contribution in [0.3, 0.4) is 0 Å². The van der Waals surface area contributed by atoms with Gasteiger partial charge in [0.15, 0.2) is 0 Å². The van der Waals surface area contributed by atoms with Crippen LogP contribution in [0.4, 0.5) is 0 Å². The summed E-state index contributed by atoms with van der Waals surface area (Å²) in [7, 11) is 1.66. The molecule has 6 nitrogen and oxygen atoms in total. The van der Waals surface area contributed by atoms with Crippen molar-refractivity contribution >= 4 is 22.4 Å². The number of aromatic nitrogens is 1. The molecular formula is C25H29N3O3. The maximum absolute atomic E-state index is 13.0. The SMILES string of the molecule is COc1c(/C(C)=C/C(=O)N2CCN(Cc3ccccn3)CC2)cc2c(C)coc2c1C. The molecule has 3 aromatic rings. The summed E-state index contributed by atoms with van der Waals surface area (Å²) in [5, 5.41) is 1.05. The van der Waals surface area contributed by atoms with Crippen LogP contribution in [-0.2, 0) is 11.3 Å². The average Bonchev–Trinajstić information content (AvgIpc) is 3.15. The predicted molar refractivity (Wildman–Crippen MR) is 122 cm³/mol. The molecule has 3 heterocycles. The first kappa shape index (κ1) is 21.1. The van der Waals surface area contributed by atoms with Gasteiger partial charge >= 0.3 is 0 Å². The third-order valence-corrected chi connectivity index (χ3v) is 6.00. The highest BCUT2D eigenvalue weighted by molar-refractivity contribution is 5.98. The Bertz CT molecular complexity index is 1110. The van der Waals surface area contributed by atoms with Crippen molar-refractivity contribution in [3.63, 3.8) is 0 Å². The van der Waals surface area contributed by atoms with E-state index in [1.165, 1.54) is 0 Å². The van der Waals surface area contributed by atoms with Crippen molar-refractivity contribution in [3.05, 3.63) is 65.2 Å². The van der Waals surface area contributed by atoms with Crippen molar-refractivity contribution in [2.45, 2.75) is 27.3 Å². The number of methoxy groups -OCH3 is 1. The number of fused-ring (bicyclic) bond motifs is 1. The van der Waals surface area contributed by atoms with Gasteiger partial charge in [0.1, 0.15) is 11.3 Å². The zero-order valence-electron chi connectivity index (χ0n) is 18.6. The summed E-state index contributed by atoms with van der Waals surface area (Å²) in [6.07, 6.45) is 5.31. The Labute approximate surface area is 183 Å². The fourth-order valence-corrected chi connectivity index (χ4v) is 4.20. The minimum Gasteiger partial charge on any atom is -0.496 e. The zero-order valence-corrected chi connectivity index (χ0v) is 18.6. The number of ether oxygens (including phenoxy) is 1. The van der Waals surface area contributed by atoms with Crippen LogP contribution in [0.1, 0.15) is 29.3 Å². The molecule has 1 fully saturated rings. The van der Waals surface area contributed by atoms with Gasteiger partial charge in [0.25, 0.3) is 0 Å². The molecule has 2 aromatic heterocycles. The Hall–Kier alpha value is -3.12. The maximum Gasteiger partial charge on any atom is 0.246 e.